The number of hydrogen-bond donors (Lipinski definition) is 0. The second-order valence-electron chi connectivity index (χ2n) is 5.91. The fraction of sp³-hybridized carbons (Fsp3) is 0.0500. The number of pyridine rings is 1. The molecule has 2 heterocycles. The average molecular weight is 427 g/mol. The molecule has 6 heteroatoms. The van der Waals surface area contributed by atoms with Gasteiger partial charge >= 0.3 is 0 Å². The number of aromatic nitrogens is 2. The fourth-order valence-corrected chi connectivity index (χ4v) is 5.20. The molecule has 1 atom stereocenters. The van der Waals surface area contributed by atoms with Gasteiger partial charge in [-0.1, -0.05) is 48.5 Å². The smallest absolute Gasteiger partial charge is 0.191 e. The summed E-state index contributed by atoms with van der Waals surface area (Å²) < 4.78 is 29.7. The van der Waals surface area contributed by atoms with Crippen molar-refractivity contribution in [2.75, 3.05) is 0 Å². The predicted molar refractivity (Wildman–Crippen MR) is 105 cm³/mol. The Morgan fingerprint density at radius 2 is 1.54 bits per heavy atom. The number of nitrogens with zero attached hydrogens (tertiary/aromatic N) is 2. The molecule has 0 aliphatic heterocycles. The first-order chi connectivity index (χ1) is 12.6. The summed E-state index contributed by atoms with van der Waals surface area (Å²) in [6.07, 6.45) is 3.48. The first-order valence-corrected chi connectivity index (χ1v) is 10.4. The van der Waals surface area contributed by atoms with E-state index >= 15 is 0 Å². The zero-order valence-electron chi connectivity index (χ0n) is 13.7. The minimum Gasteiger partial charge on any atom is -0.301 e. The lowest BCUT2D eigenvalue weighted by atomic mass is 10.1. The zero-order valence-corrected chi connectivity index (χ0v) is 16.1. The van der Waals surface area contributed by atoms with E-state index in [1.165, 1.54) is 0 Å². The van der Waals surface area contributed by atoms with Gasteiger partial charge in [0.15, 0.2) is 9.84 Å². The number of benzene rings is 2. The number of imidazole rings is 1. The highest BCUT2D eigenvalue weighted by Crippen LogP contribution is 2.35. The van der Waals surface area contributed by atoms with Crippen LogP contribution in [0.15, 0.2) is 94.6 Å². The Balaban J connectivity index is 1.99. The Morgan fingerprint density at radius 3 is 2.23 bits per heavy atom. The Bertz CT molecular complexity index is 1160. The first kappa shape index (κ1) is 17.0. The monoisotopic (exact) mass is 426 g/mol. The van der Waals surface area contributed by atoms with E-state index in [0.29, 0.717) is 21.8 Å². The van der Waals surface area contributed by atoms with Crippen LogP contribution in [0.4, 0.5) is 0 Å². The highest BCUT2D eigenvalue weighted by molar-refractivity contribution is 9.10. The summed E-state index contributed by atoms with van der Waals surface area (Å²) in [6.45, 7) is 0. The number of halogens is 1. The lowest BCUT2D eigenvalue weighted by molar-refractivity contribution is 0.587. The summed E-state index contributed by atoms with van der Waals surface area (Å²) in [5.41, 5.74) is 2.02. The lowest BCUT2D eigenvalue weighted by Gasteiger charge is -2.18. The number of rotatable bonds is 4. The molecule has 130 valence electrons. The maximum absolute atomic E-state index is 13.5. The van der Waals surface area contributed by atoms with Gasteiger partial charge in [-0.25, -0.2) is 13.4 Å². The number of hydrogen-bond acceptors (Lipinski definition) is 3. The van der Waals surface area contributed by atoms with Crippen molar-refractivity contribution >= 4 is 31.4 Å². The van der Waals surface area contributed by atoms with Crippen LogP contribution in [-0.4, -0.2) is 17.8 Å². The van der Waals surface area contributed by atoms with E-state index < -0.39 is 15.1 Å². The van der Waals surface area contributed by atoms with E-state index in [4.69, 9.17) is 0 Å². The van der Waals surface area contributed by atoms with Crippen LogP contribution in [0.1, 0.15) is 16.5 Å². The van der Waals surface area contributed by atoms with E-state index in [9.17, 15) is 8.42 Å². The maximum Gasteiger partial charge on any atom is 0.191 e. The van der Waals surface area contributed by atoms with Gasteiger partial charge in [-0.05, 0) is 45.8 Å². The minimum absolute atomic E-state index is 0.291. The van der Waals surface area contributed by atoms with Crippen LogP contribution in [-0.2, 0) is 9.84 Å². The van der Waals surface area contributed by atoms with Crippen LogP contribution in [0.3, 0.4) is 0 Å². The zero-order chi connectivity index (χ0) is 18.1. The van der Waals surface area contributed by atoms with Crippen LogP contribution in [0, 0.1) is 0 Å². The number of fused-ring (bicyclic) bond motifs is 1. The van der Waals surface area contributed by atoms with E-state index in [1.807, 2.05) is 59.1 Å². The molecule has 0 amide bonds. The first-order valence-electron chi connectivity index (χ1n) is 8.04. The SMILES string of the molecule is O=S(=O)(c1ccccc1)C(c1ccccc1)c1cnc2ccc(Br)cn12. The summed E-state index contributed by atoms with van der Waals surface area (Å²) in [5, 5.41) is -0.851. The van der Waals surface area contributed by atoms with Crippen molar-refractivity contribution in [3.63, 3.8) is 0 Å². The molecular formula is C20H15BrN2O2S. The molecule has 4 rings (SSSR count). The molecule has 0 saturated heterocycles. The largest absolute Gasteiger partial charge is 0.301 e. The molecule has 0 saturated carbocycles. The molecule has 2 aromatic heterocycles. The van der Waals surface area contributed by atoms with Gasteiger partial charge in [-0.3, -0.25) is 0 Å². The predicted octanol–water partition coefficient (Wildman–Crippen LogP) is 4.66. The summed E-state index contributed by atoms with van der Waals surface area (Å²) in [7, 11) is -3.66. The van der Waals surface area contributed by atoms with Crippen molar-refractivity contribution in [3.05, 3.63) is 101 Å². The van der Waals surface area contributed by atoms with Gasteiger partial charge in [0.25, 0.3) is 0 Å². The summed E-state index contributed by atoms with van der Waals surface area (Å²) in [4.78, 5) is 4.68. The standard InChI is InChI=1S/C20H15BrN2O2S/c21-16-11-12-19-22-13-18(23(19)14-16)20(15-7-3-1-4-8-15)26(24,25)17-9-5-2-6-10-17/h1-14,20H. The quantitative estimate of drug-likeness (QED) is 0.476. The van der Waals surface area contributed by atoms with Gasteiger partial charge in [-0.2, -0.15) is 0 Å². The molecule has 1 unspecified atom stereocenters. The van der Waals surface area contributed by atoms with Crippen molar-refractivity contribution in [2.45, 2.75) is 10.1 Å². The van der Waals surface area contributed by atoms with Crippen molar-refractivity contribution in [1.29, 1.82) is 0 Å². The van der Waals surface area contributed by atoms with Crippen LogP contribution in [0.5, 0.6) is 0 Å². The lowest BCUT2D eigenvalue weighted by Crippen LogP contribution is -2.17. The normalized spacial score (nSPS) is 13.0. The summed E-state index contributed by atoms with van der Waals surface area (Å²) in [5.74, 6) is 0. The molecule has 0 fully saturated rings. The Hall–Kier alpha value is -2.44. The molecule has 0 aliphatic rings. The highest BCUT2D eigenvalue weighted by Gasteiger charge is 2.33. The average Bonchev–Trinajstić information content (AvgIpc) is 3.06. The van der Waals surface area contributed by atoms with E-state index in [2.05, 4.69) is 20.9 Å². The van der Waals surface area contributed by atoms with Crippen molar-refractivity contribution in [3.8, 4) is 0 Å². The van der Waals surface area contributed by atoms with Crippen LogP contribution >= 0.6 is 15.9 Å². The molecule has 0 N–H and O–H groups in total. The van der Waals surface area contributed by atoms with Gasteiger partial charge in [0.2, 0.25) is 0 Å². The van der Waals surface area contributed by atoms with Crippen LogP contribution in [0.2, 0.25) is 0 Å². The van der Waals surface area contributed by atoms with Crippen molar-refractivity contribution in [2.24, 2.45) is 0 Å². The molecule has 26 heavy (non-hydrogen) atoms. The Kier molecular flexibility index (Phi) is 4.38. The molecule has 0 radical (unpaired) electrons. The van der Waals surface area contributed by atoms with Gasteiger partial charge < -0.3 is 4.40 Å². The van der Waals surface area contributed by atoms with Crippen LogP contribution < -0.4 is 0 Å². The van der Waals surface area contributed by atoms with E-state index in [-0.39, 0.29) is 0 Å². The third-order valence-corrected chi connectivity index (χ3v) is 6.78. The molecule has 0 spiro atoms. The van der Waals surface area contributed by atoms with Gasteiger partial charge in [-0.15, -0.1) is 0 Å². The molecule has 4 aromatic rings. The highest BCUT2D eigenvalue weighted by atomic mass is 79.9. The number of sulfone groups is 1. The molecule has 4 nitrogen and oxygen atoms in total. The van der Waals surface area contributed by atoms with Gasteiger partial charge in [0, 0.05) is 10.7 Å². The minimum atomic E-state index is -3.66. The summed E-state index contributed by atoms with van der Waals surface area (Å²) in [6, 6.07) is 21.5. The third-order valence-electron chi connectivity index (χ3n) is 4.25. The molecule has 0 bridgehead atoms. The second kappa shape index (κ2) is 6.70. The van der Waals surface area contributed by atoms with Crippen molar-refractivity contribution in [1.82, 2.24) is 9.38 Å². The van der Waals surface area contributed by atoms with Gasteiger partial charge in [0.1, 0.15) is 10.9 Å². The van der Waals surface area contributed by atoms with Gasteiger partial charge in [0.05, 0.1) is 16.8 Å². The Labute approximate surface area is 160 Å². The molecule has 0 aliphatic carbocycles. The fourth-order valence-electron chi connectivity index (χ4n) is 3.05. The molecule has 2 aromatic carbocycles. The van der Waals surface area contributed by atoms with Crippen molar-refractivity contribution < 1.29 is 8.42 Å². The summed E-state index contributed by atoms with van der Waals surface area (Å²) >= 11 is 3.45. The third kappa shape index (κ3) is 2.95. The van der Waals surface area contributed by atoms with E-state index in [0.717, 1.165) is 4.47 Å². The van der Waals surface area contributed by atoms with E-state index in [1.54, 1.807) is 30.5 Å². The second-order valence-corrected chi connectivity index (χ2v) is 8.86. The van der Waals surface area contributed by atoms with Crippen LogP contribution in [0.25, 0.3) is 5.65 Å². The topological polar surface area (TPSA) is 51.4 Å². The molecular weight excluding hydrogens is 412 g/mol. The Morgan fingerprint density at radius 1 is 0.885 bits per heavy atom. The maximum atomic E-state index is 13.5.